The van der Waals surface area contributed by atoms with Crippen LogP contribution < -0.4 is 0 Å². The summed E-state index contributed by atoms with van der Waals surface area (Å²) in [4.78, 5) is 0. The number of hydrogen-bond acceptors (Lipinski definition) is 2. The van der Waals surface area contributed by atoms with Gasteiger partial charge < -0.3 is 5.11 Å². The second kappa shape index (κ2) is 27.9. The normalized spacial score (nSPS) is 4.20. The molecule has 0 bridgehead atoms. The second-order valence-electron chi connectivity index (χ2n) is 0.316. The van der Waals surface area contributed by atoms with Gasteiger partial charge in [-0.2, -0.15) is 0 Å². The molecule has 0 aliphatic rings. The van der Waals surface area contributed by atoms with Gasteiger partial charge in [0.1, 0.15) is 0 Å². The predicted octanol–water partition coefficient (Wildman–Crippen LogP) is -0.769. The van der Waals surface area contributed by atoms with Crippen molar-refractivity contribution in [2.24, 2.45) is 0 Å². The molecule has 3 heteroatoms. The van der Waals surface area contributed by atoms with Crippen LogP contribution in [0.25, 0.3) is 0 Å². The molecule has 0 aromatic carbocycles. The molecule has 0 unspecified atom stereocenters. The molecule has 2 nitrogen and oxygen atoms in total. The van der Waals surface area contributed by atoms with Crippen LogP contribution in [0, 0.1) is 0 Å². The first kappa shape index (κ1) is 9.00. The molecule has 0 aliphatic heterocycles. The molecular weight excluding hydrogens is 83.0 g/mol. The number of aliphatic hydroxyl groups is 1. The minimum atomic E-state index is 0.250. The van der Waals surface area contributed by atoms with Crippen LogP contribution in [-0.4, -0.2) is 27.9 Å². The zero-order chi connectivity index (χ0) is 4.71. The van der Waals surface area contributed by atoms with E-state index in [0.717, 1.165) is 0 Å². The predicted molar refractivity (Wildman–Crippen MR) is 20.6 cm³/mol. The number of hydrogen-bond donors (Lipinski definition) is 1. The van der Waals surface area contributed by atoms with Crippen LogP contribution in [0.3, 0.4) is 0 Å². The molecule has 0 atom stereocenters. The zero-order valence-corrected chi connectivity index (χ0v) is 4.68. The van der Waals surface area contributed by atoms with Crippen molar-refractivity contribution in [2.45, 2.75) is 6.92 Å². The average Bonchev–Trinajstić information content (AvgIpc) is 1.46. The van der Waals surface area contributed by atoms with E-state index in [1.807, 2.05) is 0 Å². The van der Waals surface area contributed by atoms with E-state index >= 15 is 0 Å². The third-order valence-corrected chi connectivity index (χ3v) is 0. The first-order valence-electron chi connectivity index (χ1n) is 1.31. The summed E-state index contributed by atoms with van der Waals surface area (Å²) >= 11 is 0.611. The first-order chi connectivity index (χ1) is 2.41. The molecule has 0 aromatic heterocycles. The Morgan fingerprint density at radius 1 is 1.80 bits per heavy atom. The van der Waals surface area contributed by atoms with E-state index in [1.165, 1.54) is 0 Å². The number of aliphatic hydroxyl groups excluding tert-OH is 1. The minimum absolute atomic E-state index is 0.250. The number of rotatable bonds is 0. The fourth-order valence-electron chi connectivity index (χ4n) is 0. The molecule has 0 amide bonds. The van der Waals surface area contributed by atoms with Crippen molar-refractivity contribution in [1.82, 2.24) is 0 Å². The van der Waals surface area contributed by atoms with E-state index in [2.05, 4.69) is 0 Å². The third kappa shape index (κ3) is 264. The quantitative estimate of drug-likeness (QED) is 0.396. The van der Waals surface area contributed by atoms with Gasteiger partial charge in [-0.25, -0.2) is 0 Å². The summed E-state index contributed by atoms with van der Waals surface area (Å²) < 4.78 is 8.28. The molecule has 0 saturated heterocycles. The summed E-state index contributed by atoms with van der Waals surface area (Å²) in [5, 5.41) is 7.57. The van der Waals surface area contributed by atoms with Crippen LogP contribution in [0.15, 0.2) is 0 Å². The van der Waals surface area contributed by atoms with E-state index in [0.29, 0.717) is 16.2 Å². The molecule has 30 valence electrons. The van der Waals surface area contributed by atoms with E-state index in [4.69, 9.17) is 8.91 Å². The summed E-state index contributed by atoms with van der Waals surface area (Å²) in [6.07, 6.45) is 0. The Bertz CT molecular complexity index is 11.6. The van der Waals surface area contributed by atoms with Gasteiger partial charge in [0.2, 0.25) is 0 Å². The van der Waals surface area contributed by atoms with E-state index in [1.54, 1.807) is 6.92 Å². The van der Waals surface area contributed by atoms with Crippen molar-refractivity contribution >= 4 is 16.2 Å². The van der Waals surface area contributed by atoms with Gasteiger partial charge in [-0.1, -0.05) is 0 Å². The van der Waals surface area contributed by atoms with Gasteiger partial charge in [0.15, 0.2) is 0 Å². The van der Waals surface area contributed by atoms with Gasteiger partial charge in [-0.05, 0) is 6.92 Å². The molecular formula is C2H7AlO2. The Hall–Kier alpha value is 0.292. The van der Waals surface area contributed by atoms with Crippen molar-refractivity contribution in [3.8, 4) is 0 Å². The van der Waals surface area contributed by atoms with Crippen molar-refractivity contribution in [2.75, 3.05) is 6.61 Å². The summed E-state index contributed by atoms with van der Waals surface area (Å²) in [5.74, 6) is 0. The average molecular weight is 90.1 g/mol. The maximum absolute atomic E-state index is 8.28. The summed E-state index contributed by atoms with van der Waals surface area (Å²) in [6, 6.07) is 0. The summed E-state index contributed by atoms with van der Waals surface area (Å²) in [7, 11) is 0. The summed E-state index contributed by atoms with van der Waals surface area (Å²) in [5.41, 5.74) is 0. The standard InChI is InChI=1S/C2H6O.Al.O.H/c1-2-3;;;/h3H,2H2,1H3;;;. The Morgan fingerprint density at radius 2 is 1.80 bits per heavy atom. The first-order valence-corrected chi connectivity index (χ1v) is 1.89. The van der Waals surface area contributed by atoms with Gasteiger partial charge in [0.05, 0.1) is 0 Å². The van der Waals surface area contributed by atoms with Crippen molar-refractivity contribution < 1.29 is 8.91 Å². The van der Waals surface area contributed by atoms with Crippen LogP contribution in [0.4, 0.5) is 0 Å². The van der Waals surface area contributed by atoms with Gasteiger partial charge >= 0.3 is 20.0 Å². The molecule has 0 aromatic rings. The van der Waals surface area contributed by atoms with E-state index < -0.39 is 0 Å². The molecule has 5 heavy (non-hydrogen) atoms. The molecule has 0 rings (SSSR count). The topological polar surface area (TPSA) is 37.3 Å². The van der Waals surface area contributed by atoms with Crippen molar-refractivity contribution in [3.05, 3.63) is 0 Å². The van der Waals surface area contributed by atoms with Gasteiger partial charge in [-0.15, -0.1) is 0 Å². The van der Waals surface area contributed by atoms with E-state index in [-0.39, 0.29) is 6.61 Å². The molecule has 0 fully saturated rings. The Labute approximate surface area is 39.4 Å². The Balaban J connectivity index is 0. The Kier molecular flexibility index (Phi) is 50.1. The summed E-state index contributed by atoms with van der Waals surface area (Å²) in [6.45, 7) is 1.93. The van der Waals surface area contributed by atoms with Crippen LogP contribution >= 0.6 is 0 Å². The monoisotopic (exact) mass is 90.0 g/mol. The van der Waals surface area contributed by atoms with Crippen LogP contribution in [0.1, 0.15) is 6.92 Å². The van der Waals surface area contributed by atoms with Gasteiger partial charge in [0.25, 0.3) is 0 Å². The fourth-order valence-corrected chi connectivity index (χ4v) is 0. The molecule has 0 radical (unpaired) electrons. The van der Waals surface area contributed by atoms with Crippen molar-refractivity contribution in [1.29, 1.82) is 0 Å². The van der Waals surface area contributed by atoms with Crippen LogP contribution in [0.5, 0.6) is 0 Å². The zero-order valence-electron chi connectivity index (χ0n) is 3.27. The Morgan fingerprint density at radius 3 is 1.80 bits per heavy atom. The third-order valence-electron chi connectivity index (χ3n) is 0. The molecule has 0 aliphatic carbocycles. The molecule has 0 saturated carbocycles. The van der Waals surface area contributed by atoms with Gasteiger partial charge in [0, 0.05) is 6.61 Å². The van der Waals surface area contributed by atoms with Gasteiger partial charge in [-0.3, -0.25) is 0 Å². The molecule has 0 spiro atoms. The van der Waals surface area contributed by atoms with Crippen LogP contribution in [0.2, 0.25) is 0 Å². The SMILES string of the molecule is CCO.[O]=[AlH]. The van der Waals surface area contributed by atoms with E-state index in [9.17, 15) is 0 Å². The molecule has 0 heterocycles. The van der Waals surface area contributed by atoms with Crippen molar-refractivity contribution in [3.63, 3.8) is 0 Å². The second-order valence-corrected chi connectivity index (χ2v) is 0.316. The van der Waals surface area contributed by atoms with Crippen LogP contribution in [-0.2, 0) is 3.80 Å². The molecule has 1 N–H and O–H groups in total. The fraction of sp³-hybridized carbons (Fsp3) is 1.00. The maximum atomic E-state index is 8.28.